The van der Waals surface area contributed by atoms with Crippen LogP contribution in [0.2, 0.25) is 0 Å². The van der Waals surface area contributed by atoms with Gasteiger partial charge in [-0.05, 0) is 0 Å². The number of aliphatic hydroxyl groups excluding tert-OH is 1. The zero-order chi connectivity index (χ0) is 2.71. The Balaban J connectivity index is -0.0000000200. The summed E-state index contributed by atoms with van der Waals surface area (Å²) in [5.74, 6) is 0. The Hall–Kier alpha value is 0.329. The molecule has 32 valence electrons. The van der Waals surface area contributed by atoms with Gasteiger partial charge < -0.3 is 5.11 Å². The molecule has 5 heavy (non-hydrogen) atoms. The summed E-state index contributed by atoms with van der Waals surface area (Å²) in [6.07, 6.45) is 0.750. The zero-order valence-corrected chi connectivity index (χ0v) is 4.31. The van der Waals surface area contributed by atoms with Crippen molar-refractivity contribution >= 4 is 0 Å². The van der Waals surface area contributed by atoms with Gasteiger partial charge >= 0.3 is 0 Å². The second-order valence-corrected chi connectivity index (χ2v) is 0.100. The number of hydrogen-bond acceptors (Lipinski definition) is 2. The van der Waals surface area contributed by atoms with E-state index in [2.05, 4.69) is 0 Å². The van der Waals surface area contributed by atoms with Crippen LogP contribution in [-0.2, 0) is 34.1 Å². The molecule has 0 fully saturated rings. The van der Waals surface area contributed by atoms with Crippen LogP contribution in [0.1, 0.15) is 0 Å². The van der Waals surface area contributed by atoms with Gasteiger partial charge in [-0.2, -0.15) is 5.26 Å². The van der Waals surface area contributed by atoms with Gasteiger partial charge in [-0.3, -0.25) is 0 Å². The fourth-order valence-electron chi connectivity index (χ4n) is 0. The SMILES string of the molecule is N#CO.[Fe].[Fe]. The summed E-state index contributed by atoms with van der Waals surface area (Å²) in [5.41, 5.74) is 0. The number of nitriles is 1. The van der Waals surface area contributed by atoms with E-state index in [9.17, 15) is 0 Å². The summed E-state index contributed by atoms with van der Waals surface area (Å²) < 4.78 is 0. The van der Waals surface area contributed by atoms with Crippen LogP contribution in [0.25, 0.3) is 0 Å². The standard InChI is InChI=1S/CHNO.2Fe/c2-1-3;;/h3H;;. The maximum atomic E-state index is 6.88. The van der Waals surface area contributed by atoms with E-state index in [0.717, 1.165) is 6.26 Å². The van der Waals surface area contributed by atoms with Gasteiger partial charge in [0.05, 0.1) is 0 Å². The third-order valence-electron chi connectivity index (χ3n) is 0. The van der Waals surface area contributed by atoms with Gasteiger partial charge in [-0.25, -0.2) is 0 Å². The molecule has 1 N–H and O–H groups in total. The summed E-state index contributed by atoms with van der Waals surface area (Å²) in [7, 11) is 0. The Bertz CT molecular complexity index is 31.1. The molecule has 0 unspecified atom stereocenters. The summed E-state index contributed by atoms with van der Waals surface area (Å²) >= 11 is 0. The fourth-order valence-corrected chi connectivity index (χ4v) is 0. The van der Waals surface area contributed by atoms with Crippen molar-refractivity contribution < 1.29 is 39.2 Å². The smallest absolute Gasteiger partial charge is 0.283 e. The van der Waals surface area contributed by atoms with Gasteiger partial charge in [0.2, 0.25) is 0 Å². The van der Waals surface area contributed by atoms with Crippen molar-refractivity contribution in [2.45, 2.75) is 0 Å². The topological polar surface area (TPSA) is 44.0 Å². The molecular formula is CHFe2NO. The van der Waals surface area contributed by atoms with Crippen LogP contribution in [0.5, 0.6) is 0 Å². The van der Waals surface area contributed by atoms with Crippen molar-refractivity contribution in [2.24, 2.45) is 0 Å². The monoisotopic (exact) mass is 155 g/mol. The number of nitrogens with zero attached hydrogens (tertiary/aromatic N) is 1. The van der Waals surface area contributed by atoms with Crippen molar-refractivity contribution in [2.75, 3.05) is 0 Å². The van der Waals surface area contributed by atoms with E-state index in [1.54, 1.807) is 0 Å². The molecule has 0 heterocycles. The van der Waals surface area contributed by atoms with Crippen LogP contribution in [-0.4, -0.2) is 5.11 Å². The molecule has 0 saturated carbocycles. The minimum absolute atomic E-state index is 0. The summed E-state index contributed by atoms with van der Waals surface area (Å²) in [6, 6.07) is 0. The van der Waals surface area contributed by atoms with Gasteiger partial charge in [-0.1, -0.05) is 0 Å². The third-order valence-corrected chi connectivity index (χ3v) is 0. The van der Waals surface area contributed by atoms with E-state index in [-0.39, 0.29) is 34.1 Å². The first-order chi connectivity index (χ1) is 1.41. The molecule has 2 nitrogen and oxygen atoms in total. The van der Waals surface area contributed by atoms with E-state index in [1.807, 2.05) is 0 Å². The van der Waals surface area contributed by atoms with Crippen LogP contribution < -0.4 is 0 Å². The number of aliphatic hydroxyl groups is 1. The second kappa shape index (κ2) is 27.2. The van der Waals surface area contributed by atoms with E-state index in [1.165, 1.54) is 0 Å². The first kappa shape index (κ1) is 18.4. The van der Waals surface area contributed by atoms with E-state index in [0.29, 0.717) is 0 Å². The van der Waals surface area contributed by atoms with Crippen LogP contribution in [0.15, 0.2) is 0 Å². The minimum Gasteiger partial charge on any atom is -0.443 e. The Morgan fingerprint density at radius 1 is 1.40 bits per heavy atom. The molecule has 0 rings (SSSR count). The Morgan fingerprint density at radius 3 is 1.40 bits per heavy atom. The summed E-state index contributed by atoms with van der Waals surface area (Å²) in [6.45, 7) is 0. The first-order valence-electron chi connectivity index (χ1n) is 0.447. The minimum atomic E-state index is 0. The molecule has 0 aliphatic heterocycles. The Kier molecular flexibility index (Phi) is 100. The number of rotatable bonds is 0. The fraction of sp³-hybridized carbons (Fsp3) is 0. The van der Waals surface area contributed by atoms with Crippen LogP contribution in [0.4, 0.5) is 0 Å². The van der Waals surface area contributed by atoms with Gasteiger partial charge in [0, 0.05) is 34.1 Å². The number of hydrogen-bond donors (Lipinski definition) is 1. The molecule has 0 aliphatic rings. The van der Waals surface area contributed by atoms with E-state index >= 15 is 0 Å². The van der Waals surface area contributed by atoms with Gasteiger partial charge in [-0.15, -0.1) is 0 Å². The molecular weight excluding hydrogens is 154 g/mol. The van der Waals surface area contributed by atoms with Crippen molar-refractivity contribution in [3.05, 3.63) is 0 Å². The molecule has 4 heteroatoms. The molecule has 0 aliphatic carbocycles. The molecule has 0 saturated heterocycles. The maximum Gasteiger partial charge on any atom is 0.283 e. The molecule has 0 atom stereocenters. The average molecular weight is 155 g/mol. The first-order valence-corrected chi connectivity index (χ1v) is 0.447. The summed E-state index contributed by atoms with van der Waals surface area (Å²) in [4.78, 5) is 0. The summed E-state index contributed by atoms with van der Waals surface area (Å²) in [5, 5.41) is 13.8. The molecule has 0 bridgehead atoms. The van der Waals surface area contributed by atoms with Crippen LogP contribution in [0.3, 0.4) is 0 Å². The van der Waals surface area contributed by atoms with Gasteiger partial charge in [0.25, 0.3) is 6.26 Å². The van der Waals surface area contributed by atoms with Crippen molar-refractivity contribution in [3.63, 3.8) is 0 Å². The average Bonchev–Trinajstić information content (AvgIpc) is 0.918. The van der Waals surface area contributed by atoms with Crippen molar-refractivity contribution in [1.82, 2.24) is 0 Å². The largest absolute Gasteiger partial charge is 0.443 e. The Morgan fingerprint density at radius 2 is 1.40 bits per heavy atom. The zero-order valence-electron chi connectivity index (χ0n) is 2.10. The molecule has 0 aromatic carbocycles. The van der Waals surface area contributed by atoms with Crippen molar-refractivity contribution in [1.29, 1.82) is 5.26 Å². The maximum absolute atomic E-state index is 6.88. The second-order valence-electron chi connectivity index (χ2n) is 0.100. The Labute approximate surface area is 51.1 Å². The van der Waals surface area contributed by atoms with E-state index in [4.69, 9.17) is 10.4 Å². The third kappa shape index (κ3) is 217. The van der Waals surface area contributed by atoms with Crippen LogP contribution >= 0.6 is 0 Å². The quantitative estimate of drug-likeness (QED) is 0.389. The predicted octanol–water partition coefficient (Wildman–Crippen LogP) is -0.165. The molecule has 0 aromatic heterocycles. The predicted molar refractivity (Wildman–Crippen MR) is 7.55 cm³/mol. The molecule has 0 radical (unpaired) electrons. The molecule has 0 amide bonds. The normalized spacial score (nSPS) is 1.40. The van der Waals surface area contributed by atoms with Crippen molar-refractivity contribution in [3.8, 4) is 6.26 Å². The molecule has 0 aromatic rings. The van der Waals surface area contributed by atoms with Crippen LogP contribution in [0, 0.1) is 11.5 Å². The van der Waals surface area contributed by atoms with Gasteiger partial charge in [0.1, 0.15) is 0 Å². The molecule has 0 spiro atoms. The van der Waals surface area contributed by atoms with E-state index < -0.39 is 0 Å². The van der Waals surface area contributed by atoms with Gasteiger partial charge in [0.15, 0.2) is 0 Å².